The lowest BCUT2D eigenvalue weighted by Gasteiger charge is -2.33. The molecular formula is C126H85N7O. The van der Waals surface area contributed by atoms with Crippen LogP contribution >= 0.6 is 0 Å². The normalized spacial score (nSPS) is 12.0. The van der Waals surface area contributed by atoms with Crippen LogP contribution < -0.4 is 9.64 Å². The smallest absolute Gasteiger partial charge is 0.151 e. The molecule has 8 nitrogen and oxygen atoms in total. The predicted molar refractivity (Wildman–Crippen MR) is 563 cm³/mol. The van der Waals surface area contributed by atoms with E-state index in [2.05, 4.69) is 526 Å². The molecule has 8 heteroatoms. The molecule has 0 unspecified atom stereocenters. The van der Waals surface area contributed by atoms with Crippen molar-refractivity contribution >= 4 is 158 Å². The fourth-order valence-corrected chi connectivity index (χ4v) is 21.6. The van der Waals surface area contributed by atoms with Crippen molar-refractivity contribution in [3.05, 3.63) is 491 Å². The van der Waals surface area contributed by atoms with E-state index in [1.54, 1.807) is 0 Å². The molecule has 0 fully saturated rings. The maximum Gasteiger partial charge on any atom is 0.151 e. The lowest BCUT2D eigenvalue weighted by atomic mass is 9.86. The van der Waals surface area contributed by atoms with Gasteiger partial charge < -0.3 is 37.0 Å². The molecule has 0 aliphatic carbocycles. The van der Waals surface area contributed by atoms with Crippen LogP contribution in [0.1, 0.15) is 11.1 Å². The zero-order chi connectivity index (χ0) is 88.6. The summed E-state index contributed by atoms with van der Waals surface area (Å²) < 4.78 is 20.5. The number of hydrogen-bond donors (Lipinski definition) is 0. The summed E-state index contributed by atoms with van der Waals surface area (Å²) in [5, 5.41) is 21.5. The first-order valence-electron chi connectivity index (χ1n) is 46.0. The number of ether oxygens (including phenoxy) is 1. The van der Waals surface area contributed by atoms with Crippen LogP contribution in [-0.2, 0) is 0 Å². The van der Waals surface area contributed by atoms with Crippen molar-refractivity contribution in [2.24, 2.45) is 0 Å². The summed E-state index contributed by atoms with van der Waals surface area (Å²) in [6, 6.07) is 167. The lowest BCUT2D eigenvalue weighted by molar-refractivity contribution is 0.476. The van der Waals surface area contributed by atoms with Gasteiger partial charge in [-0.05, 0) is 271 Å². The second-order valence-electron chi connectivity index (χ2n) is 35.2. The van der Waals surface area contributed by atoms with E-state index >= 15 is 0 Å². The number of aromatic nitrogens is 6. The summed E-state index contributed by atoms with van der Waals surface area (Å²) in [5.41, 5.74) is 30.9. The van der Waals surface area contributed by atoms with Gasteiger partial charge in [-0.15, -0.1) is 0 Å². The van der Waals surface area contributed by atoms with Crippen LogP contribution in [0.4, 0.5) is 17.1 Å². The van der Waals surface area contributed by atoms with E-state index < -0.39 is 0 Å². The van der Waals surface area contributed by atoms with Crippen molar-refractivity contribution in [1.82, 2.24) is 27.4 Å². The van der Waals surface area contributed by atoms with E-state index in [0.717, 1.165) is 45.6 Å². The predicted octanol–water partition coefficient (Wildman–Crippen LogP) is 34.0. The summed E-state index contributed by atoms with van der Waals surface area (Å²) in [5.74, 6) is 1.75. The molecule has 0 atom stereocenters. The first-order valence-corrected chi connectivity index (χ1v) is 46.0. The van der Waals surface area contributed by atoms with Gasteiger partial charge in [0.1, 0.15) is 0 Å². The molecule has 27 aromatic rings. The van der Waals surface area contributed by atoms with Crippen LogP contribution in [0.5, 0.6) is 11.5 Å². The fourth-order valence-electron chi connectivity index (χ4n) is 21.6. The van der Waals surface area contributed by atoms with Gasteiger partial charge in [0.2, 0.25) is 0 Å². The number of para-hydroxylation sites is 6. The van der Waals surface area contributed by atoms with Crippen LogP contribution in [0.25, 0.3) is 209 Å². The van der Waals surface area contributed by atoms with Gasteiger partial charge in [0.25, 0.3) is 0 Å². The van der Waals surface area contributed by atoms with Gasteiger partial charge in [0, 0.05) is 107 Å². The molecule has 1 aliphatic heterocycles. The van der Waals surface area contributed by atoms with Crippen LogP contribution in [0, 0.1) is 13.8 Å². The summed E-state index contributed by atoms with van der Waals surface area (Å²) in [6.45, 7) is 4.20. The average molecular weight is 1710 g/mol. The lowest BCUT2D eigenvalue weighted by Crippen LogP contribution is -2.16. The van der Waals surface area contributed by atoms with Gasteiger partial charge in [0.15, 0.2) is 11.5 Å². The molecule has 0 N–H and O–H groups in total. The molecular weight excluding hydrogens is 1630 g/mol. The number of aryl methyl sites for hydroxylation is 2. The Bertz CT molecular complexity index is 9190. The minimum atomic E-state index is 0.876. The van der Waals surface area contributed by atoms with E-state index in [4.69, 9.17) is 4.74 Å². The van der Waals surface area contributed by atoms with Crippen molar-refractivity contribution in [1.29, 1.82) is 0 Å². The number of hydrogen-bond acceptors (Lipinski definition) is 2. The molecule has 1 aliphatic rings. The molecule has 21 aromatic carbocycles. The Kier molecular flexibility index (Phi) is 18.3. The largest absolute Gasteiger partial charge is 0.453 e. The Morgan fingerprint density at radius 2 is 0.493 bits per heavy atom. The van der Waals surface area contributed by atoms with E-state index in [9.17, 15) is 0 Å². The van der Waals surface area contributed by atoms with E-state index in [1.807, 2.05) is 0 Å². The minimum absolute atomic E-state index is 0.876. The molecule has 0 bridgehead atoms. The zero-order valence-corrected chi connectivity index (χ0v) is 73.6. The number of nitrogens with zero attached hydrogens (tertiary/aromatic N) is 7. The SMILES string of the molecule is Cc1ccc2c(c1)Oc1cc(C)ccc1N2c1ccc(-n2ccc3c2ccc2c4ccccc4n(-c4ccccc4)c23)cc1.c1ccc(-c2c3ccccc3c(-c3cccc(-n4ccc5c4ccc4c6ccccc6n(-c6ccccc6)c45)c3)c3ccccc23)cc1.c1ccc(-n2c3ccccc3c3ccc4c(ccn4-c4ccc(-c5c6ccccc6cc6ccccc56)cc4)c32)cc1. The third kappa shape index (κ3) is 12.6. The zero-order valence-electron chi connectivity index (χ0n) is 73.6. The van der Waals surface area contributed by atoms with Gasteiger partial charge in [-0.2, -0.15) is 0 Å². The summed E-state index contributed by atoms with van der Waals surface area (Å²) in [4.78, 5) is 2.30. The van der Waals surface area contributed by atoms with Crippen LogP contribution in [-0.4, -0.2) is 27.4 Å². The topological polar surface area (TPSA) is 42.0 Å². The van der Waals surface area contributed by atoms with Gasteiger partial charge in [0.05, 0.1) is 61.0 Å². The fraction of sp³-hybridized carbons (Fsp3) is 0.0159. The van der Waals surface area contributed by atoms with Crippen molar-refractivity contribution < 1.29 is 4.74 Å². The second-order valence-corrected chi connectivity index (χ2v) is 35.2. The molecule has 0 amide bonds. The second kappa shape index (κ2) is 31.6. The highest BCUT2D eigenvalue weighted by atomic mass is 16.5. The highest BCUT2D eigenvalue weighted by Crippen LogP contribution is 2.53. The Labute approximate surface area is 773 Å². The van der Waals surface area contributed by atoms with Crippen molar-refractivity contribution in [2.45, 2.75) is 13.8 Å². The van der Waals surface area contributed by atoms with Crippen LogP contribution in [0.2, 0.25) is 0 Å². The molecule has 7 heterocycles. The third-order valence-electron chi connectivity index (χ3n) is 27.5. The number of rotatable bonds is 10. The van der Waals surface area contributed by atoms with Crippen molar-refractivity contribution in [2.75, 3.05) is 4.90 Å². The number of benzene rings is 21. The first kappa shape index (κ1) is 77.4. The maximum absolute atomic E-state index is 6.37. The summed E-state index contributed by atoms with van der Waals surface area (Å²) in [7, 11) is 0. The van der Waals surface area contributed by atoms with Crippen molar-refractivity contribution in [3.8, 4) is 79.0 Å². The molecule has 0 saturated carbocycles. The minimum Gasteiger partial charge on any atom is -0.453 e. The van der Waals surface area contributed by atoms with Crippen LogP contribution in [0.3, 0.4) is 0 Å². The number of fused-ring (bicyclic) bond motifs is 21. The molecule has 0 saturated heterocycles. The van der Waals surface area contributed by atoms with Gasteiger partial charge in [-0.3, -0.25) is 0 Å². The van der Waals surface area contributed by atoms with Gasteiger partial charge in [-0.1, -0.05) is 291 Å². The Balaban J connectivity index is 0.000000105. The summed E-state index contributed by atoms with van der Waals surface area (Å²) >= 11 is 0. The highest BCUT2D eigenvalue weighted by molar-refractivity contribution is 6.24. The van der Waals surface area contributed by atoms with Gasteiger partial charge in [-0.25, -0.2) is 0 Å². The van der Waals surface area contributed by atoms with Crippen molar-refractivity contribution in [3.63, 3.8) is 0 Å². The van der Waals surface area contributed by atoms with Crippen LogP contribution in [0.15, 0.2) is 480 Å². The monoisotopic (exact) mass is 1710 g/mol. The Morgan fingerprint density at radius 1 is 0.179 bits per heavy atom. The molecule has 0 radical (unpaired) electrons. The molecule has 630 valence electrons. The summed E-state index contributed by atoms with van der Waals surface area (Å²) in [6.07, 6.45) is 6.63. The van der Waals surface area contributed by atoms with Gasteiger partial charge >= 0.3 is 0 Å². The molecule has 134 heavy (non-hydrogen) atoms. The Hall–Kier alpha value is -17.7. The molecule has 0 spiro atoms. The number of anilines is 3. The average Bonchev–Trinajstić information content (AvgIpc) is 1.57. The molecule has 6 aromatic heterocycles. The standard InChI is InChI=1S/C46H30N2.C40H29N3O.C40H26N2/c1-3-14-31(15-4-1)44-36-21-7-9-23-38(36)45(39-24-10-8-22-37(39)44)32-16-13-19-34(30-32)47-29-28-41-42(47)27-26-40-35-20-11-12-25-43(35)48(46(40)41)33-17-5-2-6-18-33;1-26-12-19-36-38(24-26)44-39-25-27(2)13-20-37(39)42(36)30-16-14-28(15-17-30)41-23-22-33-34(41)21-18-32-31-10-6-7-11-35(31)43(40(32)33)29-8-4-3-5-9-29;1-2-12-31(13-3-1)42-38-17-9-8-16-34(38)35-22-23-37-36(40(35)42)24-25-41(37)30-20-18-27(19-21-30)39-32-14-6-4-10-28(32)26-29-11-5-7-15-33(29)39/h1-30H;3-25H,1-2H3;1-26H. The molecule has 28 rings (SSSR count). The van der Waals surface area contributed by atoms with E-state index in [0.29, 0.717) is 0 Å². The Morgan fingerprint density at radius 3 is 0.910 bits per heavy atom. The third-order valence-corrected chi connectivity index (χ3v) is 27.5. The van der Waals surface area contributed by atoms with E-state index in [1.165, 1.54) is 203 Å². The highest BCUT2D eigenvalue weighted by Gasteiger charge is 2.29. The van der Waals surface area contributed by atoms with E-state index in [-0.39, 0.29) is 0 Å². The quantitative estimate of drug-likeness (QED) is 0.128. The first-order chi connectivity index (χ1) is 66.3. The maximum atomic E-state index is 6.37.